The van der Waals surface area contributed by atoms with Gasteiger partial charge < -0.3 is 10.6 Å². The smallest absolute Gasteiger partial charge is 0.325 e. The van der Waals surface area contributed by atoms with E-state index in [-0.39, 0.29) is 11.6 Å². The molecule has 0 aliphatic rings. The number of carbonyl (C=O) groups is 1. The quantitative estimate of drug-likeness (QED) is 0.742. The van der Waals surface area contributed by atoms with Crippen LogP contribution in [-0.2, 0) is 6.18 Å². The maximum absolute atomic E-state index is 12.5. The van der Waals surface area contributed by atoms with Crippen molar-refractivity contribution in [3.63, 3.8) is 0 Å². The summed E-state index contributed by atoms with van der Waals surface area (Å²) in [6.45, 7) is 0. The Hall–Kier alpha value is -3.56. The summed E-state index contributed by atoms with van der Waals surface area (Å²) in [5, 5.41) is 12.6. The number of anilines is 3. The molecule has 3 heterocycles. The lowest BCUT2D eigenvalue weighted by atomic mass is 10.2. The maximum Gasteiger partial charge on any atom is 0.417 e. The fraction of sp³-hybridized carbons (Fsp3) is 0.0625. The maximum atomic E-state index is 12.5. The van der Waals surface area contributed by atoms with Gasteiger partial charge in [-0.05, 0) is 30.3 Å². The lowest BCUT2D eigenvalue weighted by Gasteiger charge is -2.09. The summed E-state index contributed by atoms with van der Waals surface area (Å²) in [6, 6.07) is 6.61. The van der Waals surface area contributed by atoms with Crippen molar-refractivity contribution in [2.75, 3.05) is 10.6 Å². The standard InChI is InChI=1S/C16H11F3N6O/c17-16(18,19)11-1-2-13(21-8-11)25-14-7-10(3-5-20-14)15(26)24-12-4-6-22-23-9-12/h1-9H,(H,20,21,25)(H,22,24,26). The number of aromatic nitrogens is 4. The molecule has 1 amide bonds. The molecule has 10 heteroatoms. The first-order valence-electron chi connectivity index (χ1n) is 7.26. The molecule has 2 N–H and O–H groups in total. The Bertz CT molecular complexity index is 900. The van der Waals surface area contributed by atoms with E-state index in [0.29, 0.717) is 11.3 Å². The van der Waals surface area contributed by atoms with Crippen molar-refractivity contribution >= 4 is 23.2 Å². The molecule has 132 valence electrons. The monoisotopic (exact) mass is 360 g/mol. The molecule has 26 heavy (non-hydrogen) atoms. The number of hydrogen-bond acceptors (Lipinski definition) is 6. The molecular formula is C16H11F3N6O. The summed E-state index contributed by atoms with van der Waals surface area (Å²) in [6.07, 6.45) is 0.487. The highest BCUT2D eigenvalue weighted by Crippen LogP contribution is 2.29. The van der Waals surface area contributed by atoms with E-state index < -0.39 is 17.6 Å². The molecule has 0 unspecified atom stereocenters. The Kier molecular flexibility index (Phi) is 4.74. The third-order valence-electron chi connectivity index (χ3n) is 3.21. The lowest BCUT2D eigenvalue weighted by Crippen LogP contribution is -2.12. The number of alkyl halides is 3. The van der Waals surface area contributed by atoms with E-state index in [0.717, 1.165) is 12.3 Å². The Morgan fingerprint density at radius 1 is 0.923 bits per heavy atom. The summed E-state index contributed by atoms with van der Waals surface area (Å²) in [5.74, 6) is 0.0305. The highest BCUT2D eigenvalue weighted by molar-refractivity contribution is 6.04. The summed E-state index contributed by atoms with van der Waals surface area (Å²) in [4.78, 5) is 19.9. The van der Waals surface area contributed by atoms with E-state index in [1.54, 1.807) is 6.07 Å². The van der Waals surface area contributed by atoms with Crippen LogP contribution in [0, 0.1) is 0 Å². The SMILES string of the molecule is O=C(Nc1ccnnc1)c1ccnc(Nc2ccc(C(F)(F)F)cn2)c1. The zero-order chi connectivity index (χ0) is 18.6. The molecule has 0 bridgehead atoms. The molecule has 3 aromatic heterocycles. The molecule has 0 radical (unpaired) electrons. The second-order valence-electron chi connectivity index (χ2n) is 5.07. The molecular weight excluding hydrogens is 349 g/mol. The molecule has 0 saturated heterocycles. The minimum absolute atomic E-state index is 0.168. The van der Waals surface area contributed by atoms with Crippen molar-refractivity contribution in [2.24, 2.45) is 0 Å². The van der Waals surface area contributed by atoms with Crippen molar-refractivity contribution < 1.29 is 18.0 Å². The average Bonchev–Trinajstić information content (AvgIpc) is 2.62. The minimum atomic E-state index is -4.45. The Morgan fingerprint density at radius 2 is 1.77 bits per heavy atom. The highest BCUT2D eigenvalue weighted by atomic mass is 19.4. The van der Waals surface area contributed by atoms with Gasteiger partial charge in [0, 0.05) is 18.0 Å². The Balaban J connectivity index is 1.72. The largest absolute Gasteiger partial charge is 0.417 e. The van der Waals surface area contributed by atoms with Crippen LogP contribution in [0.3, 0.4) is 0 Å². The number of pyridine rings is 2. The molecule has 0 spiro atoms. The normalized spacial score (nSPS) is 11.0. The number of nitrogens with one attached hydrogen (secondary N) is 2. The fourth-order valence-electron chi connectivity index (χ4n) is 1.97. The van der Waals surface area contributed by atoms with Crippen molar-refractivity contribution in [3.05, 3.63) is 66.2 Å². The Morgan fingerprint density at radius 3 is 2.42 bits per heavy atom. The van der Waals surface area contributed by atoms with Gasteiger partial charge in [0.15, 0.2) is 0 Å². The van der Waals surface area contributed by atoms with Crippen LogP contribution < -0.4 is 10.6 Å². The fourth-order valence-corrected chi connectivity index (χ4v) is 1.97. The predicted molar refractivity (Wildman–Crippen MR) is 86.7 cm³/mol. The molecule has 0 atom stereocenters. The van der Waals surface area contributed by atoms with Crippen LogP contribution in [0.5, 0.6) is 0 Å². The topological polar surface area (TPSA) is 92.7 Å². The van der Waals surface area contributed by atoms with Crippen molar-refractivity contribution in [1.29, 1.82) is 0 Å². The minimum Gasteiger partial charge on any atom is -0.325 e. The highest BCUT2D eigenvalue weighted by Gasteiger charge is 2.30. The molecule has 0 fully saturated rings. The zero-order valence-electron chi connectivity index (χ0n) is 13.0. The van der Waals surface area contributed by atoms with Crippen LogP contribution in [0.4, 0.5) is 30.5 Å². The van der Waals surface area contributed by atoms with Gasteiger partial charge >= 0.3 is 6.18 Å². The third kappa shape index (κ3) is 4.29. The molecule has 0 aliphatic heterocycles. The van der Waals surface area contributed by atoms with E-state index in [2.05, 4.69) is 30.8 Å². The summed E-state index contributed by atoms with van der Waals surface area (Å²) in [7, 11) is 0. The lowest BCUT2D eigenvalue weighted by molar-refractivity contribution is -0.137. The van der Waals surface area contributed by atoms with E-state index in [1.807, 2.05) is 0 Å². The van der Waals surface area contributed by atoms with Crippen LogP contribution in [0.25, 0.3) is 0 Å². The van der Waals surface area contributed by atoms with Gasteiger partial charge in [0.25, 0.3) is 5.91 Å². The molecule has 3 rings (SSSR count). The van der Waals surface area contributed by atoms with E-state index in [4.69, 9.17) is 0 Å². The first-order chi connectivity index (χ1) is 12.4. The molecule has 0 aromatic carbocycles. The Labute approximate surface area is 145 Å². The number of nitrogens with zero attached hydrogens (tertiary/aromatic N) is 4. The number of amides is 1. The van der Waals surface area contributed by atoms with Gasteiger partial charge in [-0.3, -0.25) is 4.79 Å². The molecule has 7 nitrogen and oxygen atoms in total. The van der Waals surface area contributed by atoms with Crippen LogP contribution in [-0.4, -0.2) is 26.1 Å². The van der Waals surface area contributed by atoms with E-state index in [1.165, 1.54) is 36.8 Å². The van der Waals surface area contributed by atoms with Gasteiger partial charge in [-0.25, -0.2) is 9.97 Å². The van der Waals surface area contributed by atoms with E-state index in [9.17, 15) is 18.0 Å². The van der Waals surface area contributed by atoms with Gasteiger partial charge in [0.2, 0.25) is 0 Å². The van der Waals surface area contributed by atoms with Gasteiger partial charge in [-0.2, -0.15) is 23.4 Å². The summed E-state index contributed by atoms with van der Waals surface area (Å²) >= 11 is 0. The number of halogens is 3. The van der Waals surface area contributed by atoms with Crippen LogP contribution in [0.15, 0.2) is 55.1 Å². The first-order valence-corrected chi connectivity index (χ1v) is 7.26. The molecule has 3 aromatic rings. The van der Waals surface area contributed by atoms with Crippen molar-refractivity contribution in [3.8, 4) is 0 Å². The van der Waals surface area contributed by atoms with Gasteiger partial charge in [-0.1, -0.05) is 0 Å². The van der Waals surface area contributed by atoms with Crippen LogP contribution in [0.2, 0.25) is 0 Å². The van der Waals surface area contributed by atoms with Crippen LogP contribution in [0.1, 0.15) is 15.9 Å². The summed E-state index contributed by atoms with van der Waals surface area (Å²) < 4.78 is 37.6. The average molecular weight is 360 g/mol. The summed E-state index contributed by atoms with van der Waals surface area (Å²) in [5.41, 5.74) is -0.0814. The second kappa shape index (κ2) is 7.13. The molecule has 0 saturated carbocycles. The second-order valence-corrected chi connectivity index (χ2v) is 5.07. The van der Waals surface area contributed by atoms with Crippen LogP contribution >= 0.6 is 0 Å². The van der Waals surface area contributed by atoms with Gasteiger partial charge in [0.05, 0.1) is 23.6 Å². The predicted octanol–water partition coefficient (Wildman–Crippen LogP) is 3.28. The first kappa shape index (κ1) is 17.3. The third-order valence-corrected chi connectivity index (χ3v) is 3.21. The van der Waals surface area contributed by atoms with E-state index >= 15 is 0 Å². The van der Waals surface area contributed by atoms with Crippen molar-refractivity contribution in [1.82, 2.24) is 20.2 Å². The number of hydrogen-bond donors (Lipinski definition) is 2. The number of carbonyl (C=O) groups excluding carboxylic acids is 1. The van der Waals surface area contributed by atoms with Gasteiger partial charge in [0.1, 0.15) is 11.6 Å². The van der Waals surface area contributed by atoms with Crippen molar-refractivity contribution in [2.45, 2.75) is 6.18 Å². The number of rotatable bonds is 4. The van der Waals surface area contributed by atoms with Gasteiger partial charge in [-0.15, -0.1) is 0 Å². The zero-order valence-corrected chi connectivity index (χ0v) is 13.0. The molecule has 0 aliphatic carbocycles.